The van der Waals surface area contributed by atoms with Crippen LogP contribution in [0.2, 0.25) is 0 Å². The molecule has 1 saturated carbocycles. The highest BCUT2D eigenvalue weighted by Crippen LogP contribution is 2.41. The lowest BCUT2D eigenvalue weighted by molar-refractivity contribution is -0.0885. The summed E-state index contributed by atoms with van der Waals surface area (Å²) < 4.78 is 28.5. The Bertz CT molecular complexity index is 1450. The number of aliphatic hydroxyl groups is 1. The first kappa shape index (κ1) is 47.4. The van der Waals surface area contributed by atoms with E-state index in [1.807, 2.05) is 31.2 Å². The maximum absolute atomic E-state index is 11.4. The van der Waals surface area contributed by atoms with E-state index in [9.17, 15) is 5.11 Å². The molecule has 0 bridgehead atoms. The van der Waals surface area contributed by atoms with Gasteiger partial charge in [-0.05, 0) is 94.0 Å². The Kier molecular flexibility index (Phi) is 22.5. The molecule has 0 spiro atoms. The molecule has 3 aromatic rings. The molecule has 1 aliphatic carbocycles. The molecule has 3 saturated heterocycles. The highest BCUT2D eigenvalue weighted by Gasteiger charge is 2.39. The number of rotatable bonds is 21. The van der Waals surface area contributed by atoms with E-state index in [1.54, 1.807) is 7.11 Å². The van der Waals surface area contributed by atoms with Crippen LogP contribution in [0.5, 0.6) is 0 Å². The average molecular weight is 816 g/mol. The molecule has 3 aromatic carbocycles. The summed E-state index contributed by atoms with van der Waals surface area (Å²) in [4.78, 5) is 0. The van der Waals surface area contributed by atoms with Crippen molar-refractivity contribution in [1.82, 2.24) is 16.0 Å². The van der Waals surface area contributed by atoms with Gasteiger partial charge >= 0.3 is 0 Å². The maximum atomic E-state index is 11.4. The fourth-order valence-electron chi connectivity index (χ4n) is 8.69. The van der Waals surface area contributed by atoms with Gasteiger partial charge in [-0.15, -0.1) is 0 Å². The van der Waals surface area contributed by atoms with Crippen molar-refractivity contribution in [3.8, 4) is 0 Å². The molecular weight excluding hydrogens is 739 g/mol. The lowest BCUT2D eigenvalue weighted by Crippen LogP contribution is -2.44. The monoisotopic (exact) mass is 816 g/mol. The third-order valence-electron chi connectivity index (χ3n) is 12.2. The normalized spacial score (nSPS) is 22.7. The van der Waals surface area contributed by atoms with E-state index in [4.69, 9.17) is 23.7 Å². The molecule has 7 rings (SSSR count). The van der Waals surface area contributed by atoms with Crippen LogP contribution in [0.15, 0.2) is 91.0 Å². The molecule has 9 heteroatoms. The molecular formula is C50H77N3O6. The highest BCUT2D eigenvalue weighted by molar-refractivity contribution is 5.24. The standard InChI is InChI=1S/C18H27NO.C17H27NO2.C15H23NO3/c20-18(12-4-6-15-10-11-15,16-7-2-1-3-8-16)17-9-5-13-19-14-17;1-2-19-12-7-13-20-17(15-8-4-3-5-9-15)16-10-6-11-18-14-16;1-17-9-5-10-19-15(13-6-3-2-4-7-13)14-12-16-8-11-18-14/h1-3,7-8,15,17,19-20H,4-6,9-14H2;3-5,8-9,16-18H,2,6-7,10-14H2,1H3;2-4,6-7,14-16H,5,8-12H2,1H3/t17-,18-;16-,17+;14-,15+/m111/s1. The minimum Gasteiger partial charge on any atom is -0.385 e. The summed E-state index contributed by atoms with van der Waals surface area (Å²) in [6.45, 7) is 12.6. The molecule has 3 aliphatic heterocycles. The lowest BCUT2D eigenvalue weighted by atomic mass is 9.74. The van der Waals surface area contributed by atoms with Crippen molar-refractivity contribution in [2.45, 2.75) is 101 Å². The molecule has 6 atom stereocenters. The zero-order valence-corrected chi connectivity index (χ0v) is 36.4. The number of nitrogens with one attached hydrogen (secondary N) is 3. The number of hydrogen-bond acceptors (Lipinski definition) is 9. The van der Waals surface area contributed by atoms with Crippen LogP contribution in [0.3, 0.4) is 0 Å². The van der Waals surface area contributed by atoms with E-state index < -0.39 is 5.60 Å². The summed E-state index contributed by atoms with van der Waals surface area (Å²) >= 11 is 0. The van der Waals surface area contributed by atoms with Gasteiger partial charge in [-0.1, -0.05) is 110 Å². The van der Waals surface area contributed by atoms with Gasteiger partial charge in [0.1, 0.15) is 12.2 Å². The Morgan fingerprint density at radius 3 is 1.86 bits per heavy atom. The Balaban J connectivity index is 0.000000168. The molecule has 328 valence electrons. The summed E-state index contributed by atoms with van der Waals surface area (Å²) in [5.74, 6) is 1.90. The second kappa shape index (κ2) is 28.0. The van der Waals surface area contributed by atoms with Gasteiger partial charge in [-0.2, -0.15) is 0 Å². The molecule has 59 heavy (non-hydrogen) atoms. The second-order valence-electron chi connectivity index (χ2n) is 16.7. The van der Waals surface area contributed by atoms with Crippen molar-refractivity contribution < 1.29 is 28.8 Å². The number of methoxy groups -OCH3 is 1. The predicted molar refractivity (Wildman–Crippen MR) is 239 cm³/mol. The fraction of sp³-hybridized carbons (Fsp3) is 0.640. The SMILES string of the molecule is CCOCCCO[C@@H](c1ccccc1)[C@@H]1CCCNC1.COCCCO[C@@H](c1ccccc1)[C@H]1CNCCO1.O[C@](CCCC1CC1)(c1ccccc1)[C@@H]1CCCNC1. The zero-order chi connectivity index (χ0) is 41.2. The van der Waals surface area contributed by atoms with Crippen LogP contribution in [0.25, 0.3) is 0 Å². The van der Waals surface area contributed by atoms with Crippen LogP contribution in [0, 0.1) is 17.8 Å². The van der Waals surface area contributed by atoms with Crippen LogP contribution < -0.4 is 16.0 Å². The van der Waals surface area contributed by atoms with E-state index in [0.29, 0.717) is 18.4 Å². The molecule has 3 heterocycles. The van der Waals surface area contributed by atoms with Crippen molar-refractivity contribution in [3.63, 3.8) is 0 Å². The number of hydrogen-bond donors (Lipinski definition) is 4. The van der Waals surface area contributed by atoms with Gasteiger partial charge in [0.2, 0.25) is 0 Å². The minimum absolute atomic E-state index is 0.00847. The van der Waals surface area contributed by atoms with Crippen molar-refractivity contribution >= 4 is 0 Å². The van der Waals surface area contributed by atoms with Gasteiger partial charge in [-0.3, -0.25) is 0 Å². The predicted octanol–water partition coefficient (Wildman–Crippen LogP) is 8.39. The Morgan fingerprint density at radius 2 is 1.29 bits per heavy atom. The molecule has 4 fully saturated rings. The number of morpholine rings is 1. The molecule has 0 unspecified atom stereocenters. The fourth-order valence-corrected chi connectivity index (χ4v) is 8.69. The molecule has 4 aliphatic rings. The van der Waals surface area contributed by atoms with E-state index in [0.717, 1.165) is 116 Å². The largest absolute Gasteiger partial charge is 0.385 e. The summed E-state index contributed by atoms with van der Waals surface area (Å²) in [5.41, 5.74) is 2.96. The van der Waals surface area contributed by atoms with Gasteiger partial charge in [0.15, 0.2) is 0 Å². The van der Waals surface area contributed by atoms with Gasteiger partial charge in [0.05, 0.1) is 18.3 Å². The van der Waals surface area contributed by atoms with Crippen LogP contribution in [0.1, 0.15) is 106 Å². The maximum Gasteiger partial charge on any atom is 0.110 e. The van der Waals surface area contributed by atoms with E-state index in [-0.39, 0.29) is 18.3 Å². The number of ether oxygens (including phenoxy) is 5. The highest BCUT2D eigenvalue weighted by atomic mass is 16.5. The Morgan fingerprint density at radius 1 is 0.678 bits per heavy atom. The van der Waals surface area contributed by atoms with Crippen molar-refractivity contribution in [3.05, 3.63) is 108 Å². The van der Waals surface area contributed by atoms with Gasteiger partial charge in [-0.25, -0.2) is 0 Å². The second-order valence-corrected chi connectivity index (χ2v) is 16.7. The van der Waals surface area contributed by atoms with Crippen molar-refractivity contribution in [2.75, 3.05) is 86.0 Å². The average Bonchev–Trinajstić information content (AvgIpc) is 4.14. The lowest BCUT2D eigenvalue weighted by Gasteiger charge is -2.39. The summed E-state index contributed by atoms with van der Waals surface area (Å²) in [6.07, 6.45) is 13.2. The minimum atomic E-state index is -0.635. The first-order chi connectivity index (χ1) is 29.1. The smallest absolute Gasteiger partial charge is 0.110 e. The molecule has 9 nitrogen and oxygen atoms in total. The molecule has 4 N–H and O–H groups in total. The number of benzene rings is 3. The first-order valence-corrected chi connectivity index (χ1v) is 23.0. The van der Waals surface area contributed by atoms with Crippen molar-refractivity contribution in [1.29, 1.82) is 0 Å². The van der Waals surface area contributed by atoms with Crippen LogP contribution in [-0.4, -0.2) is 97.2 Å². The van der Waals surface area contributed by atoms with E-state index in [1.165, 1.54) is 49.7 Å². The van der Waals surface area contributed by atoms with Crippen LogP contribution in [-0.2, 0) is 29.3 Å². The number of piperidine rings is 2. The molecule has 0 radical (unpaired) electrons. The zero-order valence-electron chi connectivity index (χ0n) is 36.4. The third kappa shape index (κ3) is 16.9. The quantitative estimate of drug-likeness (QED) is 0.0791. The van der Waals surface area contributed by atoms with Gasteiger partial charge in [0.25, 0.3) is 0 Å². The molecule has 0 amide bonds. The Hall–Kier alpha value is -2.70. The van der Waals surface area contributed by atoms with Crippen LogP contribution >= 0.6 is 0 Å². The topological polar surface area (TPSA) is 102 Å². The summed E-state index contributed by atoms with van der Waals surface area (Å²) in [6, 6.07) is 31.3. The Labute approximate surface area is 356 Å². The molecule has 0 aromatic heterocycles. The third-order valence-corrected chi connectivity index (χ3v) is 12.2. The van der Waals surface area contributed by atoms with Crippen molar-refractivity contribution in [2.24, 2.45) is 17.8 Å². The first-order valence-electron chi connectivity index (χ1n) is 23.0. The van der Waals surface area contributed by atoms with Crippen LogP contribution in [0.4, 0.5) is 0 Å². The van der Waals surface area contributed by atoms with E-state index in [2.05, 4.69) is 82.7 Å². The summed E-state index contributed by atoms with van der Waals surface area (Å²) in [7, 11) is 1.71. The summed E-state index contributed by atoms with van der Waals surface area (Å²) in [5, 5.41) is 21.7. The van der Waals surface area contributed by atoms with Gasteiger partial charge < -0.3 is 44.7 Å². The van der Waals surface area contributed by atoms with E-state index >= 15 is 0 Å². The van der Waals surface area contributed by atoms with Gasteiger partial charge in [0, 0.05) is 78.2 Å².